The molecule has 2 N–H and O–H groups in total. The Hall–Kier alpha value is -1.87. The Kier molecular flexibility index (Phi) is 4.32. The quantitative estimate of drug-likeness (QED) is 0.626. The normalized spacial score (nSPS) is 12.7. The lowest BCUT2D eigenvalue weighted by atomic mass is 10.3. The average molecular weight is 309 g/mol. The van der Waals surface area contributed by atoms with Crippen LogP contribution in [0.1, 0.15) is 6.92 Å². The Morgan fingerprint density at radius 3 is 2.53 bits per heavy atom. The summed E-state index contributed by atoms with van der Waals surface area (Å²) in [7, 11) is -4.14. The van der Waals surface area contributed by atoms with Crippen molar-refractivity contribution in [2.24, 2.45) is 0 Å². The summed E-state index contributed by atoms with van der Waals surface area (Å²) in [6.07, 6.45) is 0. The number of halogens is 1. The summed E-state index contributed by atoms with van der Waals surface area (Å²) in [5.41, 5.74) is -0.431. The van der Waals surface area contributed by atoms with Crippen molar-refractivity contribution in [2.75, 3.05) is 4.72 Å². The number of nitrogens with zero attached hydrogens (tertiary/aromatic N) is 1. The van der Waals surface area contributed by atoms with E-state index < -0.39 is 26.2 Å². The maximum atomic E-state index is 11.6. The first kappa shape index (κ1) is 15.2. The number of aliphatic carboxylic acids is 1. The van der Waals surface area contributed by atoms with Gasteiger partial charge in [-0.25, -0.2) is 8.42 Å². The molecule has 0 spiro atoms. The molecule has 0 heterocycles. The highest BCUT2D eigenvalue weighted by molar-refractivity contribution is 7.94. The van der Waals surface area contributed by atoms with Crippen LogP contribution in [0.25, 0.3) is 0 Å². The van der Waals surface area contributed by atoms with E-state index in [1.807, 2.05) is 4.72 Å². The highest BCUT2D eigenvalue weighted by Gasteiger charge is 2.28. The molecule has 19 heavy (non-hydrogen) atoms. The first-order valence-corrected chi connectivity index (χ1v) is 6.76. The van der Waals surface area contributed by atoms with E-state index in [-0.39, 0.29) is 16.4 Å². The third kappa shape index (κ3) is 3.55. The molecule has 1 aromatic rings. The summed E-state index contributed by atoms with van der Waals surface area (Å²) >= 11 is 5.60. The van der Waals surface area contributed by atoms with Gasteiger partial charge < -0.3 is 5.11 Å². The van der Waals surface area contributed by atoms with Gasteiger partial charge in [-0.05, 0) is 19.1 Å². The van der Waals surface area contributed by atoms with Gasteiger partial charge in [-0.2, -0.15) is 0 Å². The summed E-state index contributed by atoms with van der Waals surface area (Å²) in [6.45, 7) is 0.998. The highest BCUT2D eigenvalue weighted by atomic mass is 35.5. The summed E-state index contributed by atoms with van der Waals surface area (Å²) in [4.78, 5) is 20.4. The molecule has 10 heteroatoms. The van der Waals surface area contributed by atoms with Gasteiger partial charge in [0.15, 0.2) is 5.25 Å². The third-order valence-corrected chi connectivity index (χ3v) is 4.17. The Morgan fingerprint density at radius 1 is 1.53 bits per heavy atom. The molecule has 0 aliphatic rings. The van der Waals surface area contributed by atoms with Gasteiger partial charge in [0.1, 0.15) is 5.02 Å². The number of nitro benzene ring substituents is 1. The van der Waals surface area contributed by atoms with Crippen molar-refractivity contribution in [3.8, 4) is 0 Å². The molecule has 0 bridgehead atoms. The number of carboxylic acid groups (broad SMARTS) is 1. The molecule has 1 aromatic carbocycles. The second-order valence-corrected chi connectivity index (χ2v) is 5.96. The number of nitrogens with one attached hydrogen (secondary N) is 1. The predicted octanol–water partition coefficient (Wildman–Crippen LogP) is 1.46. The number of anilines is 1. The molecular weight excluding hydrogens is 300 g/mol. The van der Waals surface area contributed by atoms with Crippen LogP contribution < -0.4 is 4.72 Å². The van der Waals surface area contributed by atoms with Gasteiger partial charge in [0, 0.05) is 6.07 Å². The van der Waals surface area contributed by atoms with Gasteiger partial charge in [-0.1, -0.05) is 11.6 Å². The minimum Gasteiger partial charge on any atom is -0.480 e. The third-order valence-electron chi connectivity index (χ3n) is 2.22. The fraction of sp³-hybridized carbons (Fsp3) is 0.222. The number of carboxylic acids is 1. The van der Waals surface area contributed by atoms with Gasteiger partial charge in [0.05, 0.1) is 10.6 Å². The van der Waals surface area contributed by atoms with Crippen LogP contribution in [0.5, 0.6) is 0 Å². The van der Waals surface area contributed by atoms with Crippen molar-refractivity contribution in [3.05, 3.63) is 33.3 Å². The van der Waals surface area contributed by atoms with Gasteiger partial charge >= 0.3 is 5.97 Å². The van der Waals surface area contributed by atoms with Crippen molar-refractivity contribution in [1.82, 2.24) is 0 Å². The summed E-state index contributed by atoms with van der Waals surface area (Å²) in [6, 6.07) is 3.17. The monoisotopic (exact) mass is 308 g/mol. The number of benzene rings is 1. The largest absolute Gasteiger partial charge is 0.480 e. The van der Waals surface area contributed by atoms with Crippen molar-refractivity contribution in [2.45, 2.75) is 12.2 Å². The molecule has 0 saturated heterocycles. The van der Waals surface area contributed by atoms with E-state index in [0.29, 0.717) is 0 Å². The fourth-order valence-corrected chi connectivity index (χ4v) is 2.25. The standard InChI is InChI=1S/C9H9ClN2O6S/c1-5(9(13)14)19(17,18)11-6-2-3-8(12(15)16)7(10)4-6/h2-5,11H,1H3,(H,13,14). The first-order valence-electron chi connectivity index (χ1n) is 4.83. The van der Waals surface area contributed by atoms with Crippen molar-refractivity contribution in [1.29, 1.82) is 0 Å². The summed E-state index contributed by atoms with van der Waals surface area (Å²) in [5, 5.41) is 17.2. The Balaban J connectivity index is 3.05. The van der Waals surface area contributed by atoms with E-state index in [1.165, 1.54) is 0 Å². The number of hydrogen-bond donors (Lipinski definition) is 2. The summed E-state index contributed by atoms with van der Waals surface area (Å²) in [5.74, 6) is -1.51. The zero-order chi connectivity index (χ0) is 14.8. The second kappa shape index (κ2) is 5.41. The highest BCUT2D eigenvalue weighted by Crippen LogP contribution is 2.27. The van der Waals surface area contributed by atoms with Crippen LogP contribution in [0.15, 0.2) is 18.2 Å². The lowest BCUT2D eigenvalue weighted by Gasteiger charge is -2.11. The van der Waals surface area contributed by atoms with E-state index in [1.54, 1.807) is 0 Å². The molecule has 0 aliphatic heterocycles. The molecule has 0 saturated carbocycles. The molecule has 1 rings (SSSR count). The Labute approximate surface area is 113 Å². The van der Waals surface area contributed by atoms with Crippen molar-refractivity contribution in [3.63, 3.8) is 0 Å². The van der Waals surface area contributed by atoms with Crippen LogP contribution >= 0.6 is 11.6 Å². The molecule has 0 radical (unpaired) electrons. The minimum atomic E-state index is -4.14. The molecule has 0 fully saturated rings. The average Bonchev–Trinajstić information content (AvgIpc) is 2.26. The Morgan fingerprint density at radius 2 is 2.11 bits per heavy atom. The number of hydrogen-bond acceptors (Lipinski definition) is 5. The fourth-order valence-electron chi connectivity index (χ4n) is 1.10. The van der Waals surface area contributed by atoms with Crippen LogP contribution in [0, 0.1) is 10.1 Å². The maximum Gasteiger partial charge on any atom is 0.323 e. The molecular formula is C9H9ClN2O6S. The number of rotatable bonds is 5. The molecule has 1 atom stereocenters. The van der Waals surface area contributed by atoms with Crippen LogP contribution in [0.2, 0.25) is 5.02 Å². The van der Waals surface area contributed by atoms with E-state index in [2.05, 4.69) is 0 Å². The zero-order valence-electron chi connectivity index (χ0n) is 9.53. The van der Waals surface area contributed by atoms with Crippen LogP contribution in [-0.2, 0) is 14.8 Å². The Bertz CT molecular complexity index is 630. The molecule has 8 nitrogen and oxygen atoms in total. The molecule has 0 aliphatic carbocycles. The zero-order valence-corrected chi connectivity index (χ0v) is 11.1. The number of sulfonamides is 1. The molecule has 0 amide bonds. The van der Waals surface area contributed by atoms with E-state index in [4.69, 9.17) is 16.7 Å². The number of nitro groups is 1. The second-order valence-electron chi connectivity index (χ2n) is 3.55. The van der Waals surface area contributed by atoms with E-state index in [0.717, 1.165) is 25.1 Å². The molecule has 1 unspecified atom stereocenters. The summed E-state index contributed by atoms with van der Waals surface area (Å²) < 4.78 is 25.2. The van der Waals surface area contributed by atoms with Crippen LogP contribution in [0.3, 0.4) is 0 Å². The molecule has 104 valence electrons. The van der Waals surface area contributed by atoms with Crippen molar-refractivity contribution < 1.29 is 23.2 Å². The van der Waals surface area contributed by atoms with Crippen molar-refractivity contribution >= 4 is 39.0 Å². The van der Waals surface area contributed by atoms with Gasteiger partial charge in [-0.3, -0.25) is 19.6 Å². The van der Waals surface area contributed by atoms with Crippen LogP contribution in [-0.4, -0.2) is 29.7 Å². The van der Waals surface area contributed by atoms with E-state index >= 15 is 0 Å². The minimum absolute atomic E-state index is 0.0521. The first-order chi connectivity index (χ1) is 8.65. The predicted molar refractivity (Wildman–Crippen MR) is 67.7 cm³/mol. The molecule has 0 aromatic heterocycles. The van der Waals surface area contributed by atoms with Gasteiger partial charge in [0.25, 0.3) is 5.69 Å². The number of carbonyl (C=O) groups is 1. The van der Waals surface area contributed by atoms with Gasteiger partial charge in [-0.15, -0.1) is 0 Å². The smallest absolute Gasteiger partial charge is 0.323 e. The maximum absolute atomic E-state index is 11.6. The van der Waals surface area contributed by atoms with E-state index in [9.17, 15) is 23.3 Å². The van der Waals surface area contributed by atoms with Crippen LogP contribution in [0.4, 0.5) is 11.4 Å². The topological polar surface area (TPSA) is 127 Å². The lowest BCUT2D eigenvalue weighted by molar-refractivity contribution is -0.384. The van der Waals surface area contributed by atoms with Gasteiger partial charge in [0.2, 0.25) is 10.0 Å². The lowest BCUT2D eigenvalue weighted by Crippen LogP contribution is -2.32. The SMILES string of the molecule is CC(C(=O)O)S(=O)(=O)Nc1ccc([N+](=O)[O-])c(Cl)c1.